The van der Waals surface area contributed by atoms with Gasteiger partial charge in [-0.25, -0.2) is 0 Å². The van der Waals surface area contributed by atoms with Gasteiger partial charge in [-0.2, -0.15) is 0 Å². The van der Waals surface area contributed by atoms with Gasteiger partial charge in [0.1, 0.15) is 6.61 Å². The van der Waals surface area contributed by atoms with Crippen LogP contribution in [0, 0.1) is 0 Å². The highest BCUT2D eigenvalue weighted by Crippen LogP contribution is 2.30. The molecule has 0 spiro atoms. The highest BCUT2D eigenvalue weighted by atomic mass is 35.5. The normalized spacial score (nSPS) is 14.5. The molecular weight excluding hydrogens is 285 g/mol. The molecule has 0 radical (unpaired) electrons. The highest BCUT2D eigenvalue weighted by Gasteiger charge is 2.32. The third-order valence-corrected chi connectivity index (χ3v) is 3.81. The van der Waals surface area contributed by atoms with Gasteiger partial charge in [0, 0.05) is 19.2 Å². The number of ether oxygens (including phenoxy) is 1. The number of nitrogens with zero attached hydrogens (tertiary/aromatic N) is 1. The van der Waals surface area contributed by atoms with Crippen LogP contribution in [-0.2, 0) is 16.1 Å². The van der Waals surface area contributed by atoms with Crippen LogP contribution in [0.1, 0.15) is 25.3 Å². The lowest BCUT2D eigenvalue weighted by atomic mass is 10.2. The van der Waals surface area contributed by atoms with Gasteiger partial charge in [0.05, 0.1) is 10.0 Å². The fourth-order valence-corrected chi connectivity index (χ4v) is 2.23. The molecule has 2 rings (SSSR count). The molecule has 1 amide bonds. The first-order valence-corrected chi connectivity index (χ1v) is 7.18. The third kappa shape index (κ3) is 4.10. The van der Waals surface area contributed by atoms with Gasteiger partial charge < -0.3 is 9.64 Å². The Hall–Kier alpha value is -0.770. The van der Waals surface area contributed by atoms with E-state index in [0.717, 1.165) is 18.4 Å². The molecule has 1 aromatic carbocycles. The molecule has 0 aliphatic heterocycles. The van der Waals surface area contributed by atoms with E-state index in [1.165, 1.54) is 0 Å². The van der Waals surface area contributed by atoms with Crippen LogP contribution in [0.4, 0.5) is 0 Å². The summed E-state index contributed by atoms with van der Waals surface area (Å²) in [6.07, 6.45) is 2.14. The number of amides is 1. The van der Waals surface area contributed by atoms with Crippen LogP contribution in [0.2, 0.25) is 10.0 Å². The van der Waals surface area contributed by atoms with Crippen molar-refractivity contribution in [2.24, 2.45) is 0 Å². The molecule has 1 aromatic rings. The molecule has 0 unspecified atom stereocenters. The average Bonchev–Trinajstić information content (AvgIpc) is 3.21. The zero-order valence-corrected chi connectivity index (χ0v) is 12.4. The van der Waals surface area contributed by atoms with Crippen LogP contribution in [0.5, 0.6) is 0 Å². The van der Waals surface area contributed by atoms with E-state index in [4.69, 9.17) is 27.9 Å². The topological polar surface area (TPSA) is 29.5 Å². The summed E-state index contributed by atoms with van der Waals surface area (Å²) in [5.41, 5.74) is 0.992. The Kier molecular flexibility index (Phi) is 5.08. The van der Waals surface area contributed by atoms with Crippen molar-refractivity contribution >= 4 is 29.1 Å². The van der Waals surface area contributed by atoms with Crippen molar-refractivity contribution in [2.75, 3.05) is 13.2 Å². The van der Waals surface area contributed by atoms with E-state index in [1.54, 1.807) is 6.07 Å². The molecule has 0 heterocycles. The van der Waals surface area contributed by atoms with Gasteiger partial charge in [0.15, 0.2) is 0 Å². The molecule has 0 bridgehead atoms. The van der Waals surface area contributed by atoms with E-state index in [1.807, 2.05) is 24.0 Å². The SMILES string of the molecule is CCOCC(=O)N(Cc1ccc(Cl)c(Cl)c1)C1CC1. The summed E-state index contributed by atoms with van der Waals surface area (Å²) in [6, 6.07) is 5.82. The number of halogens is 2. The van der Waals surface area contributed by atoms with Gasteiger partial charge in [0.2, 0.25) is 5.91 Å². The first kappa shape index (κ1) is 14.6. The van der Waals surface area contributed by atoms with E-state index < -0.39 is 0 Å². The lowest BCUT2D eigenvalue weighted by Gasteiger charge is -2.22. The van der Waals surface area contributed by atoms with E-state index in [-0.39, 0.29) is 12.5 Å². The zero-order valence-electron chi connectivity index (χ0n) is 10.9. The van der Waals surface area contributed by atoms with E-state index in [9.17, 15) is 4.79 Å². The van der Waals surface area contributed by atoms with Gasteiger partial charge >= 0.3 is 0 Å². The number of benzene rings is 1. The molecule has 0 N–H and O–H groups in total. The van der Waals surface area contributed by atoms with Crippen molar-refractivity contribution in [2.45, 2.75) is 32.4 Å². The van der Waals surface area contributed by atoms with Crippen molar-refractivity contribution < 1.29 is 9.53 Å². The van der Waals surface area contributed by atoms with Crippen molar-refractivity contribution in [3.63, 3.8) is 0 Å². The van der Waals surface area contributed by atoms with Crippen molar-refractivity contribution in [3.8, 4) is 0 Å². The maximum atomic E-state index is 12.1. The fourth-order valence-electron chi connectivity index (χ4n) is 1.91. The summed E-state index contributed by atoms with van der Waals surface area (Å²) < 4.78 is 5.20. The average molecular weight is 302 g/mol. The summed E-state index contributed by atoms with van der Waals surface area (Å²) in [5, 5.41) is 1.05. The molecule has 1 aliphatic carbocycles. The number of hydrogen-bond donors (Lipinski definition) is 0. The van der Waals surface area contributed by atoms with Crippen LogP contribution in [0.25, 0.3) is 0 Å². The Morgan fingerprint density at radius 1 is 1.37 bits per heavy atom. The molecule has 1 saturated carbocycles. The second-order valence-corrected chi connectivity index (χ2v) is 5.45. The maximum absolute atomic E-state index is 12.1. The Morgan fingerprint density at radius 3 is 2.68 bits per heavy atom. The summed E-state index contributed by atoms with van der Waals surface area (Å²) in [5.74, 6) is 0.0374. The Labute approximate surface area is 123 Å². The number of rotatable bonds is 6. The molecule has 0 saturated heterocycles. The minimum Gasteiger partial charge on any atom is -0.372 e. The van der Waals surface area contributed by atoms with Crippen LogP contribution in [0.15, 0.2) is 18.2 Å². The standard InChI is InChI=1S/C14H17Cl2NO2/c1-2-19-9-14(18)17(11-4-5-11)8-10-3-6-12(15)13(16)7-10/h3,6-7,11H,2,4-5,8-9H2,1H3. The minimum absolute atomic E-state index is 0.0374. The van der Waals surface area contributed by atoms with Gasteiger partial charge in [0.25, 0.3) is 0 Å². The predicted molar refractivity (Wildman–Crippen MR) is 76.5 cm³/mol. The number of carbonyl (C=O) groups is 1. The van der Waals surface area contributed by atoms with Gasteiger partial charge in [-0.15, -0.1) is 0 Å². The monoisotopic (exact) mass is 301 g/mol. The minimum atomic E-state index is 0.0374. The third-order valence-electron chi connectivity index (χ3n) is 3.07. The zero-order chi connectivity index (χ0) is 13.8. The molecule has 0 atom stereocenters. The first-order chi connectivity index (χ1) is 9.11. The second-order valence-electron chi connectivity index (χ2n) is 4.64. The van der Waals surface area contributed by atoms with Gasteiger partial charge in [-0.1, -0.05) is 29.3 Å². The lowest BCUT2D eigenvalue weighted by Crippen LogP contribution is -2.35. The summed E-state index contributed by atoms with van der Waals surface area (Å²) >= 11 is 11.9. The largest absolute Gasteiger partial charge is 0.372 e. The molecular formula is C14H17Cl2NO2. The van der Waals surface area contributed by atoms with Crippen molar-refractivity contribution in [3.05, 3.63) is 33.8 Å². The van der Waals surface area contributed by atoms with Crippen molar-refractivity contribution in [1.29, 1.82) is 0 Å². The number of carbonyl (C=O) groups excluding carboxylic acids is 1. The molecule has 19 heavy (non-hydrogen) atoms. The molecule has 5 heteroatoms. The Bertz CT molecular complexity index is 461. The van der Waals surface area contributed by atoms with Crippen LogP contribution >= 0.6 is 23.2 Å². The summed E-state index contributed by atoms with van der Waals surface area (Å²) in [4.78, 5) is 14.0. The highest BCUT2D eigenvalue weighted by molar-refractivity contribution is 6.42. The molecule has 1 aliphatic rings. The van der Waals surface area contributed by atoms with Crippen molar-refractivity contribution in [1.82, 2.24) is 4.90 Å². The van der Waals surface area contributed by atoms with Crippen LogP contribution in [-0.4, -0.2) is 30.1 Å². The van der Waals surface area contributed by atoms with E-state index in [2.05, 4.69) is 0 Å². The smallest absolute Gasteiger partial charge is 0.249 e. The van der Waals surface area contributed by atoms with Gasteiger partial charge in [-0.05, 0) is 37.5 Å². The molecule has 0 aromatic heterocycles. The molecule has 3 nitrogen and oxygen atoms in total. The van der Waals surface area contributed by atoms with E-state index >= 15 is 0 Å². The second kappa shape index (κ2) is 6.60. The van der Waals surface area contributed by atoms with E-state index in [0.29, 0.717) is 29.2 Å². The molecule has 1 fully saturated rings. The van der Waals surface area contributed by atoms with Crippen LogP contribution < -0.4 is 0 Å². The Balaban J connectivity index is 2.03. The summed E-state index contributed by atoms with van der Waals surface area (Å²) in [6.45, 7) is 3.15. The molecule has 104 valence electrons. The predicted octanol–water partition coefficient (Wildman–Crippen LogP) is 3.52. The summed E-state index contributed by atoms with van der Waals surface area (Å²) in [7, 11) is 0. The van der Waals surface area contributed by atoms with Gasteiger partial charge in [-0.3, -0.25) is 4.79 Å². The maximum Gasteiger partial charge on any atom is 0.249 e. The first-order valence-electron chi connectivity index (χ1n) is 6.43. The quantitative estimate of drug-likeness (QED) is 0.804. The number of hydrogen-bond acceptors (Lipinski definition) is 2. The lowest BCUT2D eigenvalue weighted by molar-refractivity contribution is -0.137. The Morgan fingerprint density at radius 2 is 2.11 bits per heavy atom. The van der Waals surface area contributed by atoms with Crippen LogP contribution in [0.3, 0.4) is 0 Å². The fraction of sp³-hybridized carbons (Fsp3) is 0.500.